The third-order valence-electron chi connectivity index (χ3n) is 4.32. The summed E-state index contributed by atoms with van der Waals surface area (Å²) >= 11 is 0. The van der Waals surface area contributed by atoms with Crippen LogP contribution in [-0.2, 0) is 4.79 Å². The van der Waals surface area contributed by atoms with Gasteiger partial charge < -0.3 is 10.4 Å². The zero-order valence-electron chi connectivity index (χ0n) is 12.7. The van der Waals surface area contributed by atoms with Gasteiger partial charge in [0, 0.05) is 18.2 Å². The van der Waals surface area contributed by atoms with E-state index < -0.39 is 16.5 Å². The summed E-state index contributed by atoms with van der Waals surface area (Å²) in [5, 5.41) is 23.1. The molecule has 0 spiro atoms. The highest BCUT2D eigenvalue weighted by atomic mass is 16.6. The molecule has 0 unspecified atom stereocenters. The summed E-state index contributed by atoms with van der Waals surface area (Å²) < 4.78 is 0. The number of anilines is 1. The van der Waals surface area contributed by atoms with Gasteiger partial charge in [-0.1, -0.05) is 0 Å². The van der Waals surface area contributed by atoms with Crippen molar-refractivity contribution in [3.05, 3.63) is 38.7 Å². The van der Waals surface area contributed by atoms with E-state index in [4.69, 9.17) is 5.11 Å². The summed E-state index contributed by atoms with van der Waals surface area (Å²) in [5.41, 5.74) is -0.251. The maximum Gasteiger partial charge on any atom is 0.306 e. The van der Waals surface area contributed by atoms with Gasteiger partial charge in [0.2, 0.25) is 5.95 Å². The van der Waals surface area contributed by atoms with Crippen LogP contribution in [0.2, 0.25) is 0 Å². The number of hydrogen-bond acceptors (Lipinski definition) is 6. The number of carboxylic acids is 1. The van der Waals surface area contributed by atoms with Crippen LogP contribution in [-0.4, -0.2) is 32.0 Å². The quantitative estimate of drug-likeness (QED) is 0.574. The van der Waals surface area contributed by atoms with Crippen molar-refractivity contribution in [1.82, 2.24) is 9.97 Å². The predicted octanol–water partition coefficient (Wildman–Crippen LogP) is 1.89. The van der Waals surface area contributed by atoms with Crippen LogP contribution in [0.25, 0.3) is 10.9 Å². The first-order valence-corrected chi connectivity index (χ1v) is 7.62. The van der Waals surface area contributed by atoms with Crippen LogP contribution in [0, 0.1) is 16.0 Å². The normalized spacial score (nSPS) is 20.7. The van der Waals surface area contributed by atoms with E-state index in [1.807, 2.05) is 0 Å². The number of nitrogens with zero attached hydrogens (tertiary/aromatic N) is 2. The molecule has 0 amide bonds. The van der Waals surface area contributed by atoms with Crippen molar-refractivity contribution >= 4 is 28.5 Å². The average molecular weight is 332 g/mol. The van der Waals surface area contributed by atoms with Crippen molar-refractivity contribution < 1.29 is 14.8 Å². The minimum atomic E-state index is -0.771. The van der Waals surface area contributed by atoms with Crippen molar-refractivity contribution in [3.8, 4) is 0 Å². The van der Waals surface area contributed by atoms with Crippen LogP contribution < -0.4 is 10.9 Å². The van der Waals surface area contributed by atoms with Crippen molar-refractivity contribution in [2.45, 2.75) is 31.7 Å². The summed E-state index contributed by atoms with van der Waals surface area (Å²) in [5.74, 6) is -0.792. The number of carbonyl (C=O) groups is 1. The number of fused-ring (bicyclic) bond motifs is 1. The number of rotatable bonds is 4. The van der Waals surface area contributed by atoms with Crippen LogP contribution >= 0.6 is 0 Å². The van der Waals surface area contributed by atoms with E-state index in [9.17, 15) is 19.7 Å². The number of aliphatic carboxylic acids is 1. The van der Waals surface area contributed by atoms with Crippen LogP contribution in [0.4, 0.5) is 11.6 Å². The lowest BCUT2D eigenvalue weighted by Gasteiger charge is -2.26. The van der Waals surface area contributed by atoms with E-state index >= 15 is 0 Å². The Balaban J connectivity index is 1.79. The molecule has 0 radical (unpaired) electrons. The van der Waals surface area contributed by atoms with Gasteiger partial charge in [0.25, 0.3) is 11.2 Å². The number of H-pyrrole nitrogens is 1. The molecular formula is C15H16N4O5. The van der Waals surface area contributed by atoms with Gasteiger partial charge in [-0.15, -0.1) is 0 Å². The molecule has 1 fully saturated rings. The van der Waals surface area contributed by atoms with Crippen LogP contribution in [0.5, 0.6) is 0 Å². The largest absolute Gasteiger partial charge is 0.481 e. The molecule has 1 heterocycles. The van der Waals surface area contributed by atoms with Gasteiger partial charge in [-0.2, -0.15) is 0 Å². The number of nitro benzene ring substituents is 1. The van der Waals surface area contributed by atoms with E-state index in [2.05, 4.69) is 15.3 Å². The molecule has 3 rings (SSSR count). The number of carboxylic acid groups (broad SMARTS) is 1. The molecule has 1 saturated carbocycles. The van der Waals surface area contributed by atoms with E-state index in [0.717, 1.165) is 0 Å². The molecule has 24 heavy (non-hydrogen) atoms. The third kappa shape index (κ3) is 3.19. The Bertz CT molecular complexity index is 855. The standard InChI is InChI=1S/C15H16N4O5/c20-13-11-7-10(19(23)24)5-6-12(11)17-15(18-13)16-9-3-1-8(2-4-9)14(21)22/h5-9H,1-4H2,(H,21,22)(H2,16,17,18,20). The van der Waals surface area contributed by atoms with E-state index in [0.29, 0.717) is 37.1 Å². The van der Waals surface area contributed by atoms with Crippen molar-refractivity contribution in [1.29, 1.82) is 0 Å². The Hall–Kier alpha value is -2.97. The fourth-order valence-corrected chi connectivity index (χ4v) is 2.99. The van der Waals surface area contributed by atoms with Gasteiger partial charge in [0.05, 0.1) is 21.7 Å². The van der Waals surface area contributed by atoms with Crippen molar-refractivity contribution in [2.75, 3.05) is 5.32 Å². The summed E-state index contributed by atoms with van der Waals surface area (Å²) in [6, 6.07) is 3.98. The number of aromatic amines is 1. The Kier molecular flexibility index (Phi) is 4.15. The minimum Gasteiger partial charge on any atom is -0.481 e. The van der Waals surface area contributed by atoms with Gasteiger partial charge in [-0.05, 0) is 31.7 Å². The predicted molar refractivity (Wildman–Crippen MR) is 86.0 cm³/mol. The molecule has 0 saturated heterocycles. The summed E-state index contributed by atoms with van der Waals surface area (Å²) in [6.07, 6.45) is 2.52. The third-order valence-corrected chi connectivity index (χ3v) is 4.32. The molecule has 0 aliphatic heterocycles. The molecule has 2 aromatic rings. The lowest BCUT2D eigenvalue weighted by Crippen LogP contribution is -2.30. The van der Waals surface area contributed by atoms with Gasteiger partial charge in [-0.3, -0.25) is 24.7 Å². The highest BCUT2D eigenvalue weighted by Crippen LogP contribution is 2.26. The molecule has 3 N–H and O–H groups in total. The molecule has 1 aliphatic rings. The summed E-state index contributed by atoms with van der Waals surface area (Å²) in [6.45, 7) is 0. The van der Waals surface area contributed by atoms with Crippen molar-refractivity contribution in [3.63, 3.8) is 0 Å². The SMILES string of the molecule is O=C(O)C1CCC(Nc2nc3ccc([N+](=O)[O-])cc3c(=O)[nH]2)CC1. The first-order valence-electron chi connectivity index (χ1n) is 7.62. The van der Waals surface area contributed by atoms with Gasteiger partial charge in [0.15, 0.2) is 0 Å². The van der Waals surface area contributed by atoms with Gasteiger partial charge in [-0.25, -0.2) is 4.98 Å². The number of nitro groups is 1. The highest BCUT2D eigenvalue weighted by molar-refractivity contribution is 5.81. The zero-order valence-corrected chi connectivity index (χ0v) is 12.7. The Morgan fingerprint density at radius 2 is 2.04 bits per heavy atom. The molecule has 9 nitrogen and oxygen atoms in total. The van der Waals surface area contributed by atoms with Crippen LogP contribution in [0.15, 0.2) is 23.0 Å². The second-order valence-electron chi connectivity index (χ2n) is 5.90. The Morgan fingerprint density at radius 3 is 2.67 bits per heavy atom. The van der Waals surface area contributed by atoms with Gasteiger partial charge >= 0.3 is 5.97 Å². The molecule has 1 aromatic heterocycles. The van der Waals surface area contributed by atoms with E-state index in [1.54, 1.807) is 0 Å². The molecule has 126 valence electrons. The topological polar surface area (TPSA) is 138 Å². The minimum absolute atomic E-state index is 0.0410. The summed E-state index contributed by atoms with van der Waals surface area (Å²) in [4.78, 5) is 40.2. The first-order chi connectivity index (χ1) is 11.4. The Labute approximate surface area is 135 Å². The first kappa shape index (κ1) is 15.9. The second kappa shape index (κ2) is 6.26. The average Bonchev–Trinajstić information content (AvgIpc) is 2.55. The lowest BCUT2D eigenvalue weighted by atomic mass is 9.86. The fourth-order valence-electron chi connectivity index (χ4n) is 2.99. The van der Waals surface area contributed by atoms with Crippen LogP contribution in [0.1, 0.15) is 25.7 Å². The monoisotopic (exact) mass is 332 g/mol. The van der Waals surface area contributed by atoms with Crippen molar-refractivity contribution in [2.24, 2.45) is 5.92 Å². The second-order valence-corrected chi connectivity index (χ2v) is 5.90. The number of aromatic nitrogens is 2. The highest BCUT2D eigenvalue weighted by Gasteiger charge is 2.26. The number of nitrogens with one attached hydrogen (secondary N) is 2. The molecule has 0 atom stereocenters. The number of hydrogen-bond donors (Lipinski definition) is 3. The smallest absolute Gasteiger partial charge is 0.306 e. The lowest BCUT2D eigenvalue weighted by molar-refractivity contribution is -0.384. The van der Waals surface area contributed by atoms with E-state index in [-0.39, 0.29) is 23.0 Å². The molecule has 0 bridgehead atoms. The maximum absolute atomic E-state index is 12.1. The molecule has 9 heteroatoms. The summed E-state index contributed by atoms with van der Waals surface area (Å²) in [7, 11) is 0. The maximum atomic E-state index is 12.1. The Morgan fingerprint density at radius 1 is 1.33 bits per heavy atom. The van der Waals surface area contributed by atoms with E-state index in [1.165, 1.54) is 18.2 Å². The molecule has 1 aliphatic carbocycles. The molecule has 1 aromatic carbocycles. The van der Waals surface area contributed by atoms with Gasteiger partial charge in [0.1, 0.15) is 0 Å². The number of benzene rings is 1. The van der Waals surface area contributed by atoms with Crippen LogP contribution in [0.3, 0.4) is 0 Å². The molecular weight excluding hydrogens is 316 g/mol. The fraction of sp³-hybridized carbons (Fsp3) is 0.400. The zero-order chi connectivity index (χ0) is 17.3. The number of non-ortho nitro benzene ring substituents is 1.